The zero-order valence-electron chi connectivity index (χ0n) is 11.2. The van der Waals surface area contributed by atoms with Crippen LogP contribution in [0.15, 0.2) is 36.5 Å². The van der Waals surface area contributed by atoms with Crippen LogP contribution >= 0.6 is 11.6 Å². The first-order valence-corrected chi connectivity index (χ1v) is 6.21. The molecule has 0 spiro atoms. The van der Waals surface area contributed by atoms with Gasteiger partial charge in [0.05, 0.1) is 0 Å². The van der Waals surface area contributed by atoms with Gasteiger partial charge < -0.3 is 5.43 Å². The van der Waals surface area contributed by atoms with Gasteiger partial charge in [-0.2, -0.15) is 0 Å². The molecule has 5 heteroatoms. The summed E-state index contributed by atoms with van der Waals surface area (Å²) in [5, 5.41) is 0.570. The Morgan fingerprint density at radius 1 is 1.16 bits per heavy atom. The monoisotopic (exact) mass is 280 g/mol. The number of carbonyl (C=O) groups is 2. The van der Waals surface area contributed by atoms with Crippen molar-refractivity contribution in [3.63, 3.8) is 0 Å². The number of carbonyl (C=O) groups excluding carboxylic acids is 2. The molecule has 0 bridgehead atoms. The summed E-state index contributed by atoms with van der Waals surface area (Å²) in [5.41, 5.74) is 5.07. The standard InChI is InChI=1S/C14H17ClN2O2/c1-14(2,3)12(18)8-9-16-17-13(19)10-4-6-11(15)7-5-10/h4-9,16H,1-3H3,(H,17,19). The first-order chi connectivity index (χ1) is 8.80. The number of halogens is 1. The molecule has 0 atom stereocenters. The first kappa shape index (κ1) is 15.2. The molecule has 4 nitrogen and oxygen atoms in total. The summed E-state index contributed by atoms with van der Waals surface area (Å²) in [6.45, 7) is 5.48. The number of hydrogen-bond acceptors (Lipinski definition) is 3. The average molecular weight is 281 g/mol. The number of nitrogens with one attached hydrogen (secondary N) is 2. The number of hydrogen-bond donors (Lipinski definition) is 2. The van der Waals surface area contributed by atoms with Crippen molar-refractivity contribution in [2.75, 3.05) is 0 Å². The second-order valence-electron chi connectivity index (χ2n) is 5.05. The smallest absolute Gasteiger partial charge is 0.269 e. The van der Waals surface area contributed by atoms with Gasteiger partial charge in [-0.25, -0.2) is 0 Å². The number of hydrazine groups is 1. The molecule has 1 aromatic carbocycles. The Kier molecular flexibility index (Phi) is 5.12. The normalized spacial score (nSPS) is 11.4. The van der Waals surface area contributed by atoms with Gasteiger partial charge in [0.2, 0.25) is 0 Å². The van der Waals surface area contributed by atoms with Crippen LogP contribution < -0.4 is 10.9 Å². The highest BCUT2D eigenvalue weighted by Crippen LogP contribution is 2.14. The molecule has 0 aliphatic rings. The zero-order chi connectivity index (χ0) is 14.5. The van der Waals surface area contributed by atoms with Gasteiger partial charge in [-0.1, -0.05) is 32.4 Å². The summed E-state index contributed by atoms with van der Waals surface area (Å²) in [7, 11) is 0. The van der Waals surface area contributed by atoms with Crippen LogP contribution in [0, 0.1) is 5.41 Å². The van der Waals surface area contributed by atoms with Gasteiger partial charge in [-0.15, -0.1) is 0 Å². The van der Waals surface area contributed by atoms with Crippen LogP contribution in [-0.4, -0.2) is 11.7 Å². The van der Waals surface area contributed by atoms with E-state index in [0.29, 0.717) is 10.6 Å². The number of ketones is 1. The maximum absolute atomic E-state index is 11.7. The van der Waals surface area contributed by atoms with Gasteiger partial charge in [0, 0.05) is 22.2 Å². The zero-order valence-corrected chi connectivity index (χ0v) is 11.9. The van der Waals surface area contributed by atoms with E-state index in [2.05, 4.69) is 10.9 Å². The summed E-state index contributed by atoms with van der Waals surface area (Å²) in [5.74, 6) is -0.328. The lowest BCUT2D eigenvalue weighted by Crippen LogP contribution is -2.33. The molecule has 0 fully saturated rings. The average Bonchev–Trinajstić information content (AvgIpc) is 2.33. The van der Waals surface area contributed by atoms with E-state index >= 15 is 0 Å². The summed E-state index contributed by atoms with van der Waals surface area (Å²) in [6.07, 6.45) is 2.80. The molecule has 0 radical (unpaired) electrons. The van der Waals surface area contributed by atoms with Crippen molar-refractivity contribution in [1.29, 1.82) is 0 Å². The lowest BCUT2D eigenvalue weighted by molar-refractivity contribution is -0.121. The summed E-state index contributed by atoms with van der Waals surface area (Å²) < 4.78 is 0. The van der Waals surface area contributed by atoms with Crippen LogP contribution in [-0.2, 0) is 4.79 Å². The van der Waals surface area contributed by atoms with Crippen LogP contribution in [0.1, 0.15) is 31.1 Å². The Morgan fingerprint density at radius 2 is 1.74 bits per heavy atom. The molecule has 0 unspecified atom stereocenters. The molecule has 1 amide bonds. The molecule has 0 saturated carbocycles. The fourth-order valence-electron chi connectivity index (χ4n) is 1.15. The maximum atomic E-state index is 11.7. The number of amides is 1. The van der Waals surface area contributed by atoms with E-state index in [1.807, 2.05) is 20.8 Å². The second kappa shape index (κ2) is 6.38. The highest BCUT2D eigenvalue weighted by molar-refractivity contribution is 6.30. The van der Waals surface area contributed by atoms with E-state index in [0.717, 1.165) is 0 Å². The highest BCUT2D eigenvalue weighted by Gasteiger charge is 2.17. The maximum Gasteiger partial charge on any atom is 0.269 e. The Labute approximate surface area is 117 Å². The fraction of sp³-hybridized carbons (Fsp3) is 0.286. The van der Waals surface area contributed by atoms with Crippen molar-refractivity contribution in [2.24, 2.45) is 5.41 Å². The Bertz CT molecular complexity index is 487. The molecule has 0 saturated heterocycles. The number of benzene rings is 1. The second-order valence-corrected chi connectivity index (χ2v) is 5.49. The van der Waals surface area contributed by atoms with E-state index in [1.165, 1.54) is 12.3 Å². The van der Waals surface area contributed by atoms with Crippen molar-refractivity contribution in [1.82, 2.24) is 10.9 Å². The summed E-state index contributed by atoms with van der Waals surface area (Å²) in [4.78, 5) is 23.2. The van der Waals surface area contributed by atoms with Crippen LogP contribution in [0.4, 0.5) is 0 Å². The minimum atomic E-state index is -0.432. The van der Waals surface area contributed by atoms with Gasteiger partial charge in [-0.3, -0.25) is 15.0 Å². The largest absolute Gasteiger partial charge is 0.306 e. The quantitative estimate of drug-likeness (QED) is 0.658. The van der Waals surface area contributed by atoms with Gasteiger partial charge in [0.15, 0.2) is 5.78 Å². The molecule has 19 heavy (non-hydrogen) atoms. The summed E-state index contributed by atoms with van der Waals surface area (Å²) in [6, 6.07) is 6.50. The molecule has 1 aromatic rings. The van der Waals surface area contributed by atoms with Crippen molar-refractivity contribution in [3.05, 3.63) is 47.1 Å². The third kappa shape index (κ3) is 5.14. The Hall–Kier alpha value is -1.81. The van der Waals surface area contributed by atoms with E-state index in [-0.39, 0.29) is 11.7 Å². The Balaban J connectivity index is 2.46. The van der Waals surface area contributed by atoms with Crippen molar-refractivity contribution in [3.8, 4) is 0 Å². The minimum absolute atomic E-state index is 0.0271. The van der Waals surface area contributed by atoms with Gasteiger partial charge in [0.25, 0.3) is 5.91 Å². The van der Waals surface area contributed by atoms with Crippen LogP contribution in [0.25, 0.3) is 0 Å². The highest BCUT2D eigenvalue weighted by atomic mass is 35.5. The minimum Gasteiger partial charge on any atom is -0.306 e. The van der Waals surface area contributed by atoms with Crippen LogP contribution in [0.5, 0.6) is 0 Å². The molecule has 1 rings (SSSR count). The first-order valence-electron chi connectivity index (χ1n) is 5.83. The van der Waals surface area contributed by atoms with E-state index in [1.54, 1.807) is 24.3 Å². The summed E-state index contributed by atoms with van der Waals surface area (Å²) >= 11 is 5.72. The lowest BCUT2D eigenvalue weighted by atomic mass is 9.91. The van der Waals surface area contributed by atoms with E-state index < -0.39 is 5.41 Å². The predicted molar refractivity (Wildman–Crippen MR) is 75.7 cm³/mol. The Morgan fingerprint density at radius 3 is 2.26 bits per heavy atom. The molecule has 0 aromatic heterocycles. The van der Waals surface area contributed by atoms with Gasteiger partial charge in [-0.05, 0) is 30.3 Å². The molecule has 2 N–H and O–H groups in total. The van der Waals surface area contributed by atoms with Crippen molar-refractivity contribution >= 4 is 23.3 Å². The number of allylic oxidation sites excluding steroid dienone is 1. The topological polar surface area (TPSA) is 58.2 Å². The lowest BCUT2D eigenvalue weighted by Gasteiger charge is -2.13. The van der Waals surface area contributed by atoms with Crippen LogP contribution in [0.2, 0.25) is 5.02 Å². The third-order valence-corrected chi connectivity index (χ3v) is 2.60. The number of rotatable bonds is 4. The van der Waals surface area contributed by atoms with Gasteiger partial charge in [0.1, 0.15) is 0 Å². The molecular weight excluding hydrogens is 264 g/mol. The molecule has 0 heterocycles. The fourth-order valence-corrected chi connectivity index (χ4v) is 1.27. The third-order valence-electron chi connectivity index (χ3n) is 2.35. The van der Waals surface area contributed by atoms with Gasteiger partial charge >= 0.3 is 0 Å². The van der Waals surface area contributed by atoms with Crippen LogP contribution in [0.3, 0.4) is 0 Å². The molecule has 102 valence electrons. The van der Waals surface area contributed by atoms with E-state index in [9.17, 15) is 9.59 Å². The molecular formula is C14H17ClN2O2. The SMILES string of the molecule is CC(C)(C)C(=O)C=CNNC(=O)c1ccc(Cl)cc1. The van der Waals surface area contributed by atoms with Crippen molar-refractivity contribution < 1.29 is 9.59 Å². The molecule has 0 aliphatic heterocycles. The molecule has 0 aliphatic carbocycles. The van der Waals surface area contributed by atoms with Crippen molar-refractivity contribution in [2.45, 2.75) is 20.8 Å². The predicted octanol–water partition coefficient (Wildman–Crippen LogP) is 2.70. The van der Waals surface area contributed by atoms with E-state index in [4.69, 9.17) is 11.6 Å².